The molecule has 0 aliphatic carbocycles. The van der Waals surface area contributed by atoms with Gasteiger partial charge in [-0.3, -0.25) is 4.79 Å². The Morgan fingerprint density at radius 3 is 2.89 bits per heavy atom. The van der Waals surface area contributed by atoms with Gasteiger partial charge in [-0.2, -0.15) is 0 Å². The van der Waals surface area contributed by atoms with Crippen LogP contribution < -0.4 is 5.32 Å². The predicted octanol–water partition coefficient (Wildman–Crippen LogP) is 2.82. The molecule has 1 amide bonds. The summed E-state index contributed by atoms with van der Waals surface area (Å²) in [7, 11) is 0. The molecule has 0 aromatic heterocycles. The number of halogens is 3. The van der Waals surface area contributed by atoms with Crippen molar-refractivity contribution in [1.29, 1.82) is 0 Å². The van der Waals surface area contributed by atoms with Gasteiger partial charge in [0, 0.05) is 41.3 Å². The van der Waals surface area contributed by atoms with Gasteiger partial charge in [-0.15, -0.1) is 0 Å². The molecule has 2 rings (SSSR count). The van der Waals surface area contributed by atoms with Crippen LogP contribution in [0, 0.1) is 0 Å². The van der Waals surface area contributed by atoms with E-state index in [1.54, 1.807) is 11.0 Å². The Labute approximate surface area is 119 Å². The lowest BCUT2D eigenvalue weighted by Gasteiger charge is -2.32. The van der Waals surface area contributed by atoms with Crippen molar-refractivity contribution in [2.45, 2.75) is 19.4 Å². The van der Waals surface area contributed by atoms with Crippen LogP contribution in [0.25, 0.3) is 0 Å². The van der Waals surface area contributed by atoms with Gasteiger partial charge >= 0.3 is 0 Å². The molecule has 0 saturated carbocycles. The standard InChI is InChI=1S/C13H15BrF2N2O/c1-8-7-18(5-4-17-8)13(19)9-2-3-11(14)10(6-9)12(15)16/h2-3,6,8,12,17H,4-5,7H2,1H3. The van der Waals surface area contributed by atoms with E-state index in [1.165, 1.54) is 12.1 Å². The molecule has 1 atom stereocenters. The average Bonchev–Trinajstić information content (AvgIpc) is 2.38. The summed E-state index contributed by atoms with van der Waals surface area (Å²) in [5.41, 5.74) is 0.168. The van der Waals surface area contributed by atoms with Gasteiger partial charge in [0.05, 0.1) is 0 Å². The third kappa shape index (κ3) is 3.30. The maximum atomic E-state index is 12.8. The van der Waals surface area contributed by atoms with Gasteiger partial charge < -0.3 is 10.2 Å². The highest BCUT2D eigenvalue weighted by molar-refractivity contribution is 9.10. The molecule has 1 heterocycles. The highest BCUT2D eigenvalue weighted by Gasteiger charge is 2.23. The van der Waals surface area contributed by atoms with Gasteiger partial charge in [0.1, 0.15) is 0 Å². The highest BCUT2D eigenvalue weighted by atomic mass is 79.9. The highest BCUT2D eigenvalue weighted by Crippen LogP contribution is 2.28. The van der Waals surface area contributed by atoms with Crippen LogP contribution in [0.3, 0.4) is 0 Å². The lowest BCUT2D eigenvalue weighted by Crippen LogP contribution is -2.51. The Morgan fingerprint density at radius 1 is 1.53 bits per heavy atom. The summed E-state index contributed by atoms with van der Waals surface area (Å²) in [6.45, 7) is 3.92. The van der Waals surface area contributed by atoms with E-state index in [-0.39, 0.29) is 17.5 Å². The maximum absolute atomic E-state index is 12.8. The molecule has 3 nitrogen and oxygen atoms in total. The van der Waals surface area contributed by atoms with Gasteiger partial charge in [0.25, 0.3) is 12.3 Å². The summed E-state index contributed by atoms with van der Waals surface area (Å²) in [4.78, 5) is 14.0. The van der Waals surface area contributed by atoms with E-state index in [9.17, 15) is 13.6 Å². The molecule has 1 aliphatic rings. The van der Waals surface area contributed by atoms with Crippen LogP contribution in [-0.2, 0) is 0 Å². The van der Waals surface area contributed by atoms with Crippen LogP contribution >= 0.6 is 15.9 Å². The fourth-order valence-electron chi connectivity index (χ4n) is 2.14. The zero-order valence-corrected chi connectivity index (χ0v) is 12.1. The Morgan fingerprint density at radius 2 is 2.26 bits per heavy atom. The second kappa shape index (κ2) is 5.96. The molecule has 1 aliphatic heterocycles. The quantitative estimate of drug-likeness (QED) is 0.903. The molecule has 1 unspecified atom stereocenters. The first-order valence-corrected chi connectivity index (χ1v) is 6.88. The van der Waals surface area contributed by atoms with E-state index in [4.69, 9.17) is 0 Å². The third-order valence-corrected chi connectivity index (χ3v) is 3.86. The van der Waals surface area contributed by atoms with Crippen molar-refractivity contribution in [3.8, 4) is 0 Å². The number of nitrogens with one attached hydrogen (secondary N) is 1. The number of alkyl halides is 2. The van der Waals surface area contributed by atoms with Crippen LogP contribution in [0.2, 0.25) is 0 Å². The second-order valence-corrected chi connectivity index (χ2v) is 5.50. The summed E-state index contributed by atoms with van der Waals surface area (Å²) in [5.74, 6) is -0.192. The van der Waals surface area contributed by atoms with Crippen molar-refractivity contribution in [2.75, 3.05) is 19.6 Å². The molecule has 1 aromatic carbocycles. The molecule has 0 bridgehead atoms. The second-order valence-electron chi connectivity index (χ2n) is 4.64. The number of piperazine rings is 1. The zero-order chi connectivity index (χ0) is 14.0. The summed E-state index contributed by atoms with van der Waals surface area (Å²) >= 11 is 3.07. The molecule has 19 heavy (non-hydrogen) atoms. The fourth-order valence-corrected chi connectivity index (χ4v) is 2.56. The lowest BCUT2D eigenvalue weighted by molar-refractivity contribution is 0.0708. The smallest absolute Gasteiger partial charge is 0.264 e. The molecule has 104 valence electrons. The summed E-state index contributed by atoms with van der Waals surface area (Å²) in [6, 6.07) is 4.57. The molecule has 1 fully saturated rings. The summed E-state index contributed by atoms with van der Waals surface area (Å²) < 4.78 is 25.9. The topological polar surface area (TPSA) is 32.3 Å². The van der Waals surface area contributed by atoms with Crippen LogP contribution in [0.15, 0.2) is 22.7 Å². The van der Waals surface area contributed by atoms with Crippen molar-refractivity contribution in [3.05, 3.63) is 33.8 Å². The summed E-state index contributed by atoms with van der Waals surface area (Å²) in [6.07, 6.45) is -2.59. The third-order valence-electron chi connectivity index (χ3n) is 3.13. The zero-order valence-electron chi connectivity index (χ0n) is 10.5. The van der Waals surface area contributed by atoms with E-state index in [1.807, 2.05) is 6.92 Å². The van der Waals surface area contributed by atoms with Gasteiger partial charge in [0.2, 0.25) is 0 Å². The molecule has 1 N–H and O–H groups in total. The first-order valence-electron chi connectivity index (χ1n) is 6.09. The predicted molar refractivity (Wildman–Crippen MR) is 72.5 cm³/mol. The fraction of sp³-hybridized carbons (Fsp3) is 0.462. The van der Waals surface area contributed by atoms with Gasteiger partial charge in [-0.05, 0) is 25.1 Å². The van der Waals surface area contributed by atoms with E-state index in [2.05, 4.69) is 21.2 Å². The number of hydrogen-bond donors (Lipinski definition) is 1. The van der Waals surface area contributed by atoms with Gasteiger partial charge in [-0.1, -0.05) is 15.9 Å². The van der Waals surface area contributed by atoms with Gasteiger partial charge in [0.15, 0.2) is 0 Å². The van der Waals surface area contributed by atoms with Crippen molar-refractivity contribution < 1.29 is 13.6 Å². The van der Waals surface area contributed by atoms with Crippen molar-refractivity contribution in [2.24, 2.45) is 0 Å². The van der Waals surface area contributed by atoms with E-state index in [0.717, 1.165) is 6.54 Å². The Balaban J connectivity index is 2.21. The minimum atomic E-state index is -2.59. The van der Waals surface area contributed by atoms with E-state index >= 15 is 0 Å². The normalized spacial score (nSPS) is 19.8. The first kappa shape index (κ1) is 14.4. The molecule has 1 aromatic rings. The lowest BCUT2D eigenvalue weighted by atomic mass is 10.1. The number of amides is 1. The number of benzene rings is 1. The van der Waals surface area contributed by atoms with Gasteiger partial charge in [-0.25, -0.2) is 8.78 Å². The number of hydrogen-bond acceptors (Lipinski definition) is 2. The van der Waals surface area contributed by atoms with Crippen LogP contribution in [0.4, 0.5) is 8.78 Å². The Kier molecular flexibility index (Phi) is 4.52. The maximum Gasteiger partial charge on any atom is 0.264 e. The average molecular weight is 333 g/mol. The first-order chi connectivity index (χ1) is 8.99. The monoisotopic (exact) mass is 332 g/mol. The molecular weight excluding hydrogens is 318 g/mol. The Hall–Kier alpha value is -1.01. The minimum Gasteiger partial charge on any atom is -0.336 e. The molecule has 0 spiro atoms. The van der Waals surface area contributed by atoms with Crippen LogP contribution in [-0.4, -0.2) is 36.5 Å². The molecular formula is C13H15BrF2N2O. The number of nitrogens with zero attached hydrogens (tertiary/aromatic N) is 1. The van der Waals surface area contributed by atoms with Crippen molar-refractivity contribution in [1.82, 2.24) is 10.2 Å². The minimum absolute atomic E-state index is 0.144. The van der Waals surface area contributed by atoms with Crippen molar-refractivity contribution >= 4 is 21.8 Å². The number of rotatable bonds is 2. The SMILES string of the molecule is CC1CN(C(=O)c2ccc(Br)c(C(F)F)c2)CCN1. The van der Waals surface area contributed by atoms with E-state index < -0.39 is 6.43 Å². The molecule has 1 saturated heterocycles. The Bertz CT molecular complexity index is 482. The van der Waals surface area contributed by atoms with Crippen LogP contribution in [0.5, 0.6) is 0 Å². The molecule has 6 heteroatoms. The number of carbonyl (C=O) groups is 1. The molecule has 0 radical (unpaired) electrons. The summed E-state index contributed by atoms with van der Waals surface area (Å²) in [5, 5.41) is 3.24. The van der Waals surface area contributed by atoms with Crippen LogP contribution in [0.1, 0.15) is 29.3 Å². The van der Waals surface area contributed by atoms with E-state index in [0.29, 0.717) is 23.1 Å². The number of carbonyl (C=O) groups excluding carboxylic acids is 1. The van der Waals surface area contributed by atoms with Crippen molar-refractivity contribution in [3.63, 3.8) is 0 Å². The largest absolute Gasteiger partial charge is 0.336 e.